The maximum absolute atomic E-state index is 2.36. The first-order chi connectivity index (χ1) is 16.7. The van der Waals surface area contributed by atoms with Gasteiger partial charge in [-0.15, -0.1) is 0 Å². The van der Waals surface area contributed by atoms with Gasteiger partial charge in [0, 0.05) is 16.5 Å². The first-order valence-corrected chi connectivity index (χ1v) is 12.0. The van der Waals surface area contributed by atoms with E-state index in [2.05, 4.69) is 140 Å². The van der Waals surface area contributed by atoms with Crippen LogP contribution in [0, 0.1) is 0 Å². The van der Waals surface area contributed by atoms with Crippen LogP contribution in [0.2, 0.25) is 0 Å². The van der Waals surface area contributed by atoms with Gasteiger partial charge in [-0.2, -0.15) is 0 Å². The van der Waals surface area contributed by atoms with Crippen molar-refractivity contribution in [1.29, 1.82) is 0 Å². The van der Waals surface area contributed by atoms with E-state index in [1.54, 1.807) is 0 Å². The lowest BCUT2D eigenvalue weighted by molar-refractivity contribution is 0.867. The smallest absolute Gasteiger partial charge is 0.0541 e. The molecule has 1 aromatic heterocycles. The van der Waals surface area contributed by atoms with Crippen molar-refractivity contribution in [3.8, 4) is 27.9 Å². The number of para-hydroxylation sites is 2. The number of hydrogen-bond donors (Lipinski definition) is 0. The van der Waals surface area contributed by atoms with Crippen molar-refractivity contribution in [3.05, 3.63) is 127 Å². The topological polar surface area (TPSA) is 4.93 Å². The highest BCUT2D eigenvalue weighted by molar-refractivity contribution is 6.10. The van der Waals surface area contributed by atoms with Crippen LogP contribution in [0.1, 0.15) is 25.3 Å². The molecular weight excluding hydrogens is 410 g/mol. The molecule has 34 heavy (non-hydrogen) atoms. The van der Waals surface area contributed by atoms with E-state index in [1.807, 2.05) is 0 Å². The number of hydrogen-bond acceptors (Lipinski definition) is 0. The van der Waals surface area contributed by atoms with Crippen molar-refractivity contribution >= 4 is 21.8 Å². The van der Waals surface area contributed by atoms with Gasteiger partial charge in [-0.3, -0.25) is 0 Å². The summed E-state index contributed by atoms with van der Waals surface area (Å²) in [7, 11) is 0. The molecule has 0 atom stereocenters. The van der Waals surface area contributed by atoms with Gasteiger partial charge in [-0.05, 0) is 64.1 Å². The Hall–Kier alpha value is -4.10. The summed E-state index contributed by atoms with van der Waals surface area (Å²) < 4.78 is 2.36. The van der Waals surface area contributed by atoms with Crippen LogP contribution in [0.3, 0.4) is 0 Å². The van der Waals surface area contributed by atoms with Gasteiger partial charge >= 0.3 is 0 Å². The van der Waals surface area contributed by atoms with Crippen LogP contribution in [0.5, 0.6) is 0 Å². The fourth-order valence-electron chi connectivity index (χ4n) is 4.94. The Kier molecular flexibility index (Phi) is 5.04. The van der Waals surface area contributed by atoms with Crippen LogP contribution in [-0.2, 0) is 0 Å². The van der Waals surface area contributed by atoms with Crippen LogP contribution < -0.4 is 0 Å². The van der Waals surface area contributed by atoms with E-state index in [9.17, 15) is 0 Å². The highest BCUT2D eigenvalue weighted by atomic mass is 15.0. The third kappa shape index (κ3) is 3.50. The zero-order valence-electron chi connectivity index (χ0n) is 19.6. The zero-order valence-corrected chi connectivity index (χ0v) is 19.6. The number of fused-ring (bicyclic) bond motifs is 3. The van der Waals surface area contributed by atoms with Crippen LogP contribution in [0.4, 0.5) is 0 Å². The zero-order chi connectivity index (χ0) is 23.1. The van der Waals surface area contributed by atoms with Crippen molar-refractivity contribution in [1.82, 2.24) is 4.57 Å². The number of nitrogens with zero attached hydrogens (tertiary/aromatic N) is 1. The van der Waals surface area contributed by atoms with E-state index in [4.69, 9.17) is 0 Å². The highest BCUT2D eigenvalue weighted by Gasteiger charge is 2.13. The largest absolute Gasteiger partial charge is 0.309 e. The van der Waals surface area contributed by atoms with Crippen LogP contribution in [0.15, 0.2) is 121 Å². The predicted molar refractivity (Wildman–Crippen MR) is 146 cm³/mol. The molecule has 164 valence electrons. The van der Waals surface area contributed by atoms with E-state index in [0.717, 1.165) is 0 Å². The molecule has 6 rings (SSSR count). The predicted octanol–water partition coefficient (Wildman–Crippen LogP) is 9.24. The summed E-state index contributed by atoms with van der Waals surface area (Å²) in [5.74, 6) is 0.531. The maximum atomic E-state index is 2.36. The second-order valence-corrected chi connectivity index (χ2v) is 9.28. The molecular formula is C33H27N. The van der Waals surface area contributed by atoms with Crippen molar-refractivity contribution in [2.75, 3.05) is 0 Å². The van der Waals surface area contributed by atoms with Gasteiger partial charge in [0.25, 0.3) is 0 Å². The molecule has 1 heterocycles. The van der Waals surface area contributed by atoms with Gasteiger partial charge < -0.3 is 4.57 Å². The van der Waals surface area contributed by atoms with Gasteiger partial charge in [-0.25, -0.2) is 0 Å². The first kappa shape index (κ1) is 20.5. The fraction of sp³-hybridized carbons (Fsp3) is 0.0909. The third-order valence-electron chi connectivity index (χ3n) is 6.79. The quantitative estimate of drug-likeness (QED) is 0.259. The minimum absolute atomic E-state index is 0.531. The SMILES string of the molecule is CC(C)c1cccc(-c2ccc(-c3ccc4c(c3)c3ccccc3n4-c3ccccc3)cc2)c1. The van der Waals surface area contributed by atoms with Crippen molar-refractivity contribution < 1.29 is 0 Å². The summed E-state index contributed by atoms with van der Waals surface area (Å²) in [6.07, 6.45) is 0. The van der Waals surface area contributed by atoms with Crippen molar-refractivity contribution in [2.24, 2.45) is 0 Å². The molecule has 0 amide bonds. The summed E-state index contributed by atoms with van der Waals surface area (Å²) in [6, 6.07) is 44.0. The highest BCUT2D eigenvalue weighted by Crippen LogP contribution is 2.35. The second-order valence-electron chi connectivity index (χ2n) is 9.28. The number of aromatic nitrogens is 1. The van der Waals surface area contributed by atoms with Crippen LogP contribution in [-0.4, -0.2) is 4.57 Å². The lowest BCUT2D eigenvalue weighted by Crippen LogP contribution is -1.92. The van der Waals surface area contributed by atoms with E-state index in [1.165, 1.54) is 55.3 Å². The standard InChI is InChI=1S/C33H27N/c1-23(2)26-9-8-10-27(21-26)24-15-17-25(18-16-24)28-19-20-33-31(22-28)30-13-6-7-14-32(30)34(33)29-11-4-3-5-12-29/h3-23H,1-2H3. The first-order valence-electron chi connectivity index (χ1n) is 12.0. The molecule has 5 aromatic carbocycles. The Balaban J connectivity index is 1.44. The third-order valence-corrected chi connectivity index (χ3v) is 6.79. The molecule has 0 aliphatic carbocycles. The van der Waals surface area contributed by atoms with E-state index in [0.29, 0.717) is 5.92 Å². The molecule has 0 fully saturated rings. The summed E-state index contributed by atoms with van der Waals surface area (Å²) in [5.41, 5.74) is 10.1. The Morgan fingerprint density at radius 1 is 0.471 bits per heavy atom. The Morgan fingerprint density at radius 3 is 1.82 bits per heavy atom. The molecule has 0 radical (unpaired) electrons. The molecule has 0 saturated heterocycles. The van der Waals surface area contributed by atoms with Crippen molar-refractivity contribution in [3.63, 3.8) is 0 Å². The average Bonchev–Trinajstić information content (AvgIpc) is 3.23. The summed E-state index contributed by atoms with van der Waals surface area (Å²) in [5, 5.41) is 2.57. The fourth-order valence-corrected chi connectivity index (χ4v) is 4.94. The summed E-state index contributed by atoms with van der Waals surface area (Å²) >= 11 is 0. The molecule has 1 heteroatoms. The molecule has 0 aliphatic rings. The van der Waals surface area contributed by atoms with Crippen molar-refractivity contribution in [2.45, 2.75) is 19.8 Å². The van der Waals surface area contributed by atoms with Gasteiger partial charge in [0.15, 0.2) is 0 Å². The Labute approximate surface area is 200 Å². The summed E-state index contributed by atoms with van der Waals surface area (Å²) in [6.45, 7) is 4.49. The van der Waals surface area contributed by atoms with Crippen LogP contribution >= 0.6 is 0 Å². The van der Waals surface area contributed by atoms with Gasteiger partial charge in [0.1, 0.15) is 0 Å². The lowest BCUT2D eigenvalue weighted by atomic mass is 9.96. The van der Waals surface area contributed by atoms with E-state index in [-0.39, 0.29) is 0 Å². The molecule has 1 nitrogen and oxygen atoms in total. The van der Waals surface area contributed by atoms with Gasteiger partial charge in [0.2, 0.25) is 0 Å². The summed E-state index contributed by atoms with van der Waals surface area (Å²) in [4.78, 5) is 0. The van der Waals surface area contributed by atoms with Gasteiger partial charge in [-0.1, -0.05) is 105 Å². The van der Waals surface area contributed by atoms with Gasteiger partial charge in [0.05, 0.1) is 11.0 Å². The molecule has 0 saturated carbocycles. The molecule has 0 bridgehead atoms. The number of benzene rings is 5. The molecule has 0 unspecified atom stereocenters. The van der Waals surface area contributed by atoms with E-state index < -0.39 is 0 Å². The normalized spacial score (nSPS) is 11.5. The van der Waals surface area contributed by atoms with Crippen LogP contribution in [0.25, 0.3) is 49.7 Å². The molecule has 0 aliphatic heterocycles. The second kappa shape index (κ2) is 8.35. The molecule has 0 N–H and O–H groups in total. The lowest BCUT2D eigenvalue weighted by Gasteiger charge is -2.10. The Bertz CT molecular complexity index is 1600. The molecule has 6 aromatic rings. The number of rotatable bonds is 4. The van der Waals surface area contributed by atoms with E-state index >= 15 is 0 Å². The average molecular weight is 438 g/mol. The maximum Gasteiger partial charge on any atom is 0.0541 e. The molecule has 0 spiro atoms. The Morgan fingerprint density at radius 2 is 1.09 bits per heavy atom. The minimum Gasteiger partial charge on any atom is -0.309 e. The monoisotopic (exact) mass is 437 g/mol. The minimum atomic E-state index is 0.531.